The average Bonchev–Trinajstić information content (AvgIpc) is 2.38. The van der Waals surface area contributed by atoms with Gasteiger partial charge in [0.2, 0.25) is 0 Å². The second-order valence-electron chi connectivity index (χ2n) is 4.52. The van der Waals surface area contributed by atoms with Gasteiger partial charge < -0.3 is 9.47 Å². The van der Waals surface area contributed by atoms with Crippen molar-refractivity contribution in [2.45, 2.75) is 32.8 Å². The van der Waals surface area contributed by atoms with Gasteiger partial charge >= 0.3 is 5.97 Å². The zero-order valence-corrected chi connectivity index (χ0v) is 11.1. The molecule has 0 radical (unpaired) electrons. The van der Waals surface area contributed by atoms with Crippen LogP contribution in [0.5, 0.6) is 11.5 Å². The third-order valence-electron chi connectivity index (χ3n) is 2.34. The average molecular weight is 285 g/mol. The SMILES string of the molecule is CC(=O)Oc1cc(Br)cc2c1OC(C)(C)C2. The minimum absolute atomic E-state index is 0.238. The van der Waals surface area contributed by atoms with Gasteiger partial charge in [-0.2, -0.15) is 0 Å². The first-order chi connectivity index (χ1) is 7.37. The molecule has 1 aromatic rings. The Kier molecular flexibility index (Phi) is 2.70. The molecule has 0 atom stereocenters. The van der Waals surface area contributed by atoms with Gasteiger partial charge in [-0.25, -0.2) is 0 Å². The molecule has 0 spiro atoms. The molecule has 0 N–H and O–H groups in total. The highest BCUT2D eigenvalue weighted by atomic mass is 79.9. The van der Waals surface area contributed by atoms with Gasteiger partial charge in [0.1, 0.15) is 5.60 Å². The van der Waals surface area contributed by atoms with E-state index in [4.69, 9.17) is 9.47 Å². The van der Waals surface area contributed by atoms with Crippen LogP contribution in [-0.2, 0) is 11.2 Å². The van der Waals surface area contributed by atoms with Gasteiger partial charge in [0.05, 0.1) is 0 Å². The highest BCUT2D eigenvalue weighted by Crippen LogP contribution is 2.43. The molecule has 1 aromatic carbocycles. The van der Waals surface area contributed by atoms with Crippen molar-refractivity contribution in [1.29, 1.82) is 0 Å². The van der Waals surface area contributed by atoms with Gasteiger partial charge in [0, 0.05) is 23.4 Å². The lowest BCUT2D eigenvalue weighted by Crippen LogP contribution is -2.24. The molecule has 0 unspecified atom stereocenters. The molecular weight excluding hydrogens is 272 g/mol. The van der Waals surface area contributed by atoms with Crippen LogP contribution in [0, 0.1) is 0 Å². The second kappa shape index (κ2) is 3.77. The molecule has 1 aliphatic rings. The summed E-state index contributed by atoms with van der Waals surface area (Å²) in [5.41, 5.74) is 0.827. The van der Waals surface area contributed by atoms with Crippen molar-refractivity contribution in [2.75, 3.05) is 0 Å². The molecule has 86 valence electrons. The first kappa shape index (κ1) is 11.5. The maximum atomic E-state index is 11.0. The van der Waals surface area contributed by atoms with Crippen molar-refractivity contribution in [3.63, 3.8) is 0 Å². The largest absolute Gasteiger partial charge is 0.483 e. The molecule has 0 bridgehead atoms. The third kappa shape index (κ3) is 2.21. The summed E-state index contributed by atoms with van der Waals surface area (Å²) >= 11 is 3.40. The maximum absolute atomic E-state index is 11.0. The van der Waals surface area contributed by atoms with Gasteiger partial charge in [0.15, 0.2) is 11.5 Å². The van der Waals surface area contributed by atoms with E-state index in [9.17, 15) is 4.79 Å². The molecule has 2 rings (SSSR count). The number of benzene rings is 1. The molecule has 0 amide bonds. The Morgan fingerprint density at radius 2 is 2.19 bits per heavy atom. The van der Waals surface area contributed by atoms with Crippen molar-refractivity contribution >= 4 is 21.9 Å². The van der Waals surface area contributed by atoms with Crippen molar-refractivity contribution in [3.8, 4) is 11.5 Å². The van der Waals surface area contributed by atoms with Crippen LogP contribution in [0.3, 0.4) is 0 Å². The first-order valence-corrected chi connectivity index (χ1v) is 5.86. The summed E-state index contributed by atoms with van der Waals surface area (Å²) in [7, 11) is 0. The minimum atomic E-state index is -0.339. The van der Waals surface area contributed by atoms with Crippen LogP contribution in [0.1, 0.15) is 26.3 Å². The molecule has 0 saturated carbocycles. The molecule has 16 heavy (non-hydrogen) atoms. The Hall–Kier alpha value is -1.03. The number of carbonyl (C=O) groups excluding carboxylic acids is 1. The summed E-state index contributed by atoms with van der Waals surface area (Å²) in [5.74, 6) is 0.833. The molecule has 3 nitrogen and oxygen atoms in total. The number of carbonyl (C=O) groups is 1. The number of esters is 1. The molecule has 4 heteroatoms. The molecule has 1 aliphatic heterocycles. The number of rotatable bonds is 1. The van der Waals surface area contributed by atoms with Gasteiger partial charge in [-0.15, -0.1) is 0 Å². The van der Waals surface area contributed by atoms with Gasteiger partial charge in [-0.05, 0) is 26.0 Å². The van der Waals surface area contributed by atoms with E-state index in [-0.39, 0.29) is 11.6 Å². The Morgan fingerprint density at radius 1 is 1.50 bits per heavy atom. The van der Waals surface area contributed by atoms with E-state index < -0.39 is 0 Å². The summed E-state index contributed by atoms with van der Waals surface area (Å²) < 4.78 is 11.8. The van der Waals surface area contributed by atoms with Crippen LogP contribution in [0.4, 0.5) is 0 Å². The van der Waals surface area contributed by atoms with Crippen LogP contribution >= 0.6 is 15.9 Å². The maximum Gasteiger partial charge on any atom is 0.308 e. The van der Waals surface area contributed by atoms with Gasteiger partial charge in [-0.1, -0.05) is 15.9 Å². The Labute approximate surface area is 103 Å². The fourth-order valence-electron chi connectivity index (χ4n) is 1.87. The van der Waals surface area contributed by atoms with Crippen LogP contribution in [0.15, 0.2) is 16.6 Å². The van der Waals surface area contributed by atoms with Crippen LogP contribution in [-0.4, -0.2) is 11.6 Å². The Balaban J connectivity index is 2.45. The van der Waals surface area contributed by atoms with Crippen molar-refractivity contribution in [3.05, 3.63) is 22.2 Å². The van der Waals surface area contributed by atoms with Crippen LogP contribution < -0.4 is 9.47 Å². The predicted octanol–water partition coefficient (Wildman–Crippen LogP) is 3.09. The highest BCUT2D eigenvalue weighted by molar-refractivity contribution is 9.10. The summed E-state index contributed by atoms with van der Waals surface area (Å²) in [6, 6.07) is 3.75. The highest BCUT2D eigenvalue weighted by Gasteiger charge is 2.33. The quantitative estimate of drug-likeness (QED) is 0.587. The van der Waals surface area contributed by atoms with Crippen LogP contribution in [0.2, 0.25) is 0 Å². The fourth-order valence-corrected chi connectivity index (χ4v) is 2.36. The van der Waals surface area contributed by atoms with E-state index in [0.29, 0.717) is 11.5 Å². The molecule has 0 aromatic heterocycles. The lowest BCUT2D eigenvalue weighted by Gasteiger charge is -2.17. The molecule has 1 heterocycles. The molecule has 0 fully saturated rings. The number of ether oxygens (including phenoxy) is 2. The van der Waals surface area contributed by atoms with Crippen molar-refractivity contribution in [2.24, 2.45) is 0 Å². The van der Waals surface area contributed by atoms with E-state index in [1.807, 2.05) is 19.9 Å². The third-order valence-corrected chi connectivity index (χ3v) is 2.80. The monoisotopic (exact) mass is 284 g/mol. The van der Waals surface area contributed by atoms with Crippen molar-refractivity contribution < 1.29 is 14.3 Å². The van der Waals surface area contributed by atoms with E-state index in [1.165, 1.54) is 6.92 Å². The normalized spacial score (nSPS) is 16.5. The Morgan fingerprint density at radius 3 is 2.81 bits per heavy atom. The van der Waals surface area contributed by atoms with E-state index in [0.717, 1.165) is 16.5 Å². The van der Waals surface area contributed by atoms with Crippen molar-refractivity contribution in [1.82, 2.24) is 0 Å². The minimum Gasteiger partial charge on any atom is -0.483 e. The van der Waals surface area contributed by atoms with E-state index in [2.05, 4.69) is 15.9 Å². The number of halogens is 1. The lowest BCUT2D eigenvalue weighted by atomic mass is 10.0. The lowest BCUT2D eigenvalue weighted by molar-refractivity contribution is -0.132. The van der Waals surface area contributed by atoms with E-state index in [1.54, 1.807) is 6.07 Å². The van der Waals surface area contributed by atoms with Crippen LogP contribution in [0.25, 0.3) is 0 Å². The molecular formula is C12H13BrO3. The summed E-state index contributed by atoms with van der Waals surface area (Å²) in [5, 5.41) is 0. The molecule has 0 aliphatic carbocycles. The summed E-state index contributed by atoms with van der Waals surface area (Å²) in [6.07, 6.45) is 0.816. The summed E-state index contributed by atoms with van der Waals surface area (Å²) in [6.45, 7) is 5.41. The topological polar surface area (TPSA) is 35.5 Å². The second-order valence-corrected chi connectivity index (χ2v) is 5.44. The van der Waals surface area contributed by atoms with Gasteiger partial charge in [-0.3, -0.25) is 4.79 Å². The Bertz CT molecular complexity index is 452. The van der Waals surface area contributed by atoms with Gasteiger partial charge in [0.25, 0.3) is 0 Å². The summed E-state index contributed by atoms with van der Waals surface area (Å²) in [4.78, 5) is 11.0. The van der Waals surface area contributed by atoms with E-state index >= 15 is 0 Å². The fraction of sp³-hybridized carbons (Fsp3) is 0.417. The standard InChI is InChI=1S/C12H13BrO3/c1-7(14)15-10-5-9(13)4-8-6-12(2,3)16-11(8)10/h4-5H,6H2,1-3H3. The number of hydrogen-bond acceptors (Lipinski definition) is 3. The predicted molar refractivity (Wildman–Crippen MR) is 63.9 cm³/mol. The number of hydrogen-bond donors (Lipinski definition) is 0. The zero-order valence-electron chi connectivity index (χ0n) is 9.46. The molecule has 0 saturated heterocycles. The first-order valence-electron chi connectivity index (χ1n) is 5.07. The zero-order chi connectivity index (χ0) is 11.9. The smallest absolute Gasteiger partial charge is 0.308 e. The number of fused-ring (bicyclic) bond motifs is 1.